The number of nitrogens with two attached hydrogens (primary N) is 2. The Morgan fingerprint density at radius 3 is 2.00 bits per heavy atom. The van der Waals surface area contributed by atoms with E-state index in [0.29, 0.717) is 0 Å². The van der Waals surface area contributed by atoms with E-state index in [1.165, 1.54) is 43.6 Å². The maximum Gasteiger partial charge on any atom is 0.0451 e. The van der Waals surface area contributed by atoms with Gasteiger partial charge in [0.1, 0.15) is 0 Å². The van der Waals surface area contributed by atoms with Gasteiger partial charge in [0, 0.05) is 22.1 Å². The Hall–Kier alpha value is -2.48. The fraction of sp³-hybridized carbons (Fsp3) is 0.200. The molecule has 0 unspecified atom stereocenters. The fourth-order valence-electron chi connectivity index (χ4n) is 3.95. The number of benzene rings is 4. The van der Waals surface area contributed by atoms with Crippen LogP contribution in [0.4, 0.5) is 11.4 Å². The lowest BCUT2D eigenvalue weighted by Crippen LogP contribution is -2.01. The van der Waals surface area contributed by atoms with Crippen molar-refractivity contribution in [2.24, 2.45) is 0 Å². The first-order valence-corrected chi connectivity index (χ1v) is 7.65. The van der Waals surface area contributed by atoms with Gasteiger partial charge in [-0.25, -0.2) is 0 Å². The SMILES string of the molecule is Cc1c(C)c2ccc3ccc(N)c4c(N)c(C)c(c1C)c2c34. The first kappa shape index (κ1) is 13.2. The topological polar surface area (TPSA) is 52.0 Å². The molecule has 2 heteroatoms. The van der Waals surface area contributed by atoms with E-state index in [4.69, 9.17) is 11.5 Å². The third-order valence-corrected chi connectivity index (χ3v) is 5.42. The van der Waals surface area contributed by atoms with Crippen molar-refractivity contribution in [2.45, 2.75) is 27.7 Å². The Balaban J connectivity index is 2.54. The summed E-state index contributed by atoms with van der Waals surface area (Å²) in [5.41, 5.74) is 19.5. The van der Waals surface area contributed by atoms with Crippen LogP contribution < -0.4 is 11.5 Å². The third-order valence-electron chi connectivity index (χ3n) is 5.42. The van der Waals surface area contributed by atoms with E-state index in [0.717, 1.165) is 22.3 Å². The minimum absolute atomic E-state index is 0.762. The van der Waals surface area contributed by atoms with Gasteiger partial charge in [0.05, 0.1) is 0 Å². The van der Waals surface area contributed by atoms with Crippen LogP contribution >= 0.6 is 0 Å². The van der Waals surface area contributed by atoms with Crippen molar-refractivity contribution in [1.82, 2.24) is 0 Å². The van der Waals surface area contributed by atoms with Crippen LogP contribution in [0.15, 0.2) is 24.3 Å². The molecule has 22 heavy (non-hydrogen) atoms. The molecule has 0 aromatic heterocycles. The van der Waals surface area contributed by atoms with Crippen molar-refractivity contribution in [3.05, 3.63) is 46.5 Å². The van der Waals surface area contributed by atoms with Crippen molar-refractivity contribution in [3.8, 4) is 0 Å². The standard InChI is InChI=1S/C20H20N2/c1-9-10(2)14-7-5-13-6-8-15(21)19-17(13)18(14)16(11(9)3)12(4)20(19)22/h5-8H,21-22H2,1-4H3. The Kier molecular flexibility index (Phi) is 2.42. The van der Waals surface area contributed by atoms with Gasteiger partial charge in [-0.2, -0.15) is 0 Å². The highest BCUT2D eigenvalue weighted by molar-refractivity contribution is 6.30. The molecule has 0 atom stereocenters. The van der Waals surface area contributed by atoms with E-state index in [2.05, 4.69) is 45.9 Å². The van der Waals surface area contributed by atoms with Crippen molar-refractivity contribution in [3.63, 3.8) is 0 Å². The second-order valence-electron chi connectivity index (χ2n) is 6.40. The van der Waals surface area contributed by atoms with Crippen LogP contribution in [0.1, 0.15) is 22.3 Å². The molecule has 0 bridgehead atoms. The molecule has 4 rings (SSSR count). The summed E-state index contributed by atoms with van der Waals surface area (Å²) >= 11 is 0. The highest BCUT2D eigenvalue weighted by Gasteiger charge is 2.19. The normalized spacial score (nSPS) is 12.0. The first-order chi connectivity index (χ1) is 10.4. The van der Waals surface area contributed by atoms with Crippen LogP contribution in [0.5, 0.6) is 0 Å². The van der Waals surface area contributed by atoms with E-state index in [-0.39, 0.29) is 0 Å². The lowest BCUT2D eigenvalue weighted by molar-refractivity contribution is 1.31. The molecule has 0 amide bonds. The van der Waals surface area contributed by atoms with Gasteiger partial charge in [0.2, 0.25) is 0 Å². The Morgan fingerprint density at radius 2 is 1.27 bits per heavy atom. The summed E-state index contributed by atoms with van der Waals surface area (Å²) in [4.78, 5) is 0. The predicted octanol–water partition coefficient (Wildman–Crippen LogP) is 4.98. The summed E-state index contributed by atoms with van der Waals surface area (Å²) in [6.45, 7) is 8.71. The average Bonchev–Trinajstić information content (AvgIpc) is 2.51. The molecular formula is C20H20N2. The third kappa shape index (κ3) is 1.35. The molecule has 0 saturated carbocycles. The van der Waals surface area contributed by atoms with Crippen LogP contribution in [-0.4, -0.2) is 0 Å². The molecule has 0 radical (unpaired) electrons. The monoisotopic (exact) mass is 288 g/mol. The lowest BCUT2D eigenvalue weighted by Gasteiger charge is -2.21. The number of hydrogen-bond donors (Lipinski definition) is 2. The first-order valence-electron chi connectivity index (χ1n) is 7.65. The molecule has 0 fully saturated rings. The fourth-order valence-corrected chi connectivity index (χ4v) is 3.95. The highest BCUT2D eigenvalue weighted by Crippen LogP contribution is 2.45. The molecular weight excluding hydrogens is 268 g/mol. The van der Waals surface area contributed by atoms with Crippen molar-refractivity contribution < 1.29 is 0 Å². The molecule has 0 saturated heterocycles. The number of anilines is 2. The number of rotatable bonds is 0. The minimum Gasteiger partial charge on any atom is -0.398 e. The van der Waals surface area contributed by atoms with Crippen LogP contribution in [0.2, 0.25) is 0 Å². The average molecular weight is 288 g/mol. The van der Waals surface area contributed by atoms with Crippen molar-refractivity contribution in [2.75, 3.05) is 11.5 Å². The molecule has 4 N–H and O–H groups in total. The van der Waals surface area contributed by atoms with E-state index in [1.807, 2.05) is 6.07 Å². The van der Waals surface area contributed by atoms with Crippen LogP contribution in [-0.2, 0) is 0 Å². The van der Waals surface area contributed by atoms with Gasteiger partial charge in [-0.1, -0.05) is 18.2 Å². The highest BCUT2D eigenvalue weighted by atomic mass is 14.6. The van der Waals surface area contributed by atoms with Gasteiger partial charge in [-0.15, -0.1) is 0 Å². The molecule has 0 spiro atoms. The number of nitrogen functional groups attached to an aromatic ring is 2. The largest absolute Gasteiger partial charge is 0.398 e. The van der Waals surface area contributed by atoms with Gasteiger partial charge in [-0.3, -0.25) is 0 Å². The summed E-state index contributed by atoms with van der Waals surface area (Å²) in [5, 5.41) is 7.34. The molecule has 0 aliphatic carbocycles. The summed E-state index contributed by atoms with van der Waals surface area (Å²) in [6.07, 6.45) is 0. The number of hydrogen-bond acceptors (Lipinski definition) is 2. The quantitative estimate of drug-likeness (QED) is 0.354. The van der Waals surface area contributed by atoms with Gasteiger partial charge in [0.25, 0.3) is 0 Å². The van der Waals surface area contributed by atoms with Crippen molar-refractivity contribution >= 4 is 43.7 Å². The Morgan fingerprint density at radius 1 is 0.591 bits per heavy atom. The van der Waals surface area contributed by atoms with Crippen LogP contribution in [0.25, 0.3) is 32.3 Å². The van der Waals surface area contributed by atoms with E-state index < -0.39 is 0 Å². The Labute approximate surface area is 130 Å². The smallest absolute Gasteiger partial charge is 0.0451 e. The zero-order chi connectivity index (χ0) is 15.8. The van der Waals surface area contributed by atoms with Crippen LogP contribution in [0.3, 0.4) is 0 Å². The van der Waals surface area contributed by atoms with Gasteiger partial charge >= 0.3 is 0 Å². The molecule has 0 aliphatic heterocycles. The van der Waals surface area contributed by atoms with Crippen molar-refractivity contribution in [1.29, 1.82) is 0 Å². The van der Waals surface area contributed by atoms with Crippen LogP contribution in [0, 0.1) is 27.7 Å². The maximum atomic E-state index is 6.48. The summed E-state index contributed by atoms with van der Waals surface area (Å²) < 4.78 is 0. The molecule has 110 valence electrons. The van der Waals surface area contributed by atoms with Gasteiger partial charge < -0.3 is 11.5 Å². The second-order valence-corrected chi connectivity index (χ2v) is 6.40. The molecule has 0 aliphatic rings. The Bertz CT molecular complexity index is 1070. The number of aryl methyl sites for hydroxylation is 3. The van der Waals surface area contributed by atoms with Gasteiger partial charge in [0.15, 0.2) is 0 Å². The second kappa shape index (κ2) is 4.04. The summed E-state index contributed by atoms with van der Waals surface area (Å²) in [6, 6.07) is 8.47. The zero-order valence-corrected chi connectivity index (χ0v) is 13.5. The predicted molar refractivity (Wildman–Crippen MR) is 97.9 cm³/mol. The summed E-state index contributed by atoms with van der Waals surface area (Å²) in [5.74, 6) is 0. The molecule has 2 nitrogen and oxygen atoms in total. The van der Waals surface area contributed by atoms with Gasteiger partial charge in [-0.05, 0) is 77.6 Å². The molecule has 4 aromatic carbocycles. The molecule has 4 aromatic rings. The van der Waals surface area contributed by atoms with E-state index in [1.54, 1.807) is 0 Å². The van der Waals surface area contributed by atoms with E-state index >= 15 is 0 Å². The zero-order valence-electron chi connectivity index (χ0n) is 13.5. The summed E-state index contributed by atoms with van der Waals surface area (Å²) in [7, 11) is 0. The maximum absolute atomic E-state index is 6.48. The van der Waals surface area contributed by atoms with E-state index in [9.17, 15) is 0 Å². The lowest BCUT2D eigenvalue weighted by atomic mass is 9.84. The molecule has 0 heterocycles. The minimum atomic E-state index is 0.762.